The molecule has 2 rings (SSSR count). The molecule has 12 atom stereocenters. The number of carbonyl (C=O) groups excluding carboxylic acids is 1. The Morgan fingerprint density at radius 2 is 0.698 bits per heavy atom. The van der Waals surface area contributed by atoms with E-state index in [1.165, 1.54) is 276 Å². The van der Waals surface area contributed by atoms with Crippen molar-refractivity contribution in [1.29, 1.82) is 0 Å². The van der Waals surface area contributed by atoms with Gasteiger partial charge < -0.3 is 65.1 Å². The van der Waals surface area contributed by atoms with Gasteiger partial charge in [-0.05, 0) is 77.0 Å². The minimum Gasteiger partial charge on any atom is -0.394 e. The van der Waals surface area contributed by atoms with Crippen molar-refractivity contribution in [2.24, 2.45) is 0 Å². The lowest BCUT2D eigenvalue weighted by Crippen LogP contribution is -2.65. The van der Waals surface area contributed by atoms with Crippen molar-refractivity contribution >= 4 is 5.91 Å². The lowest BCUT2D eigenvalue weighted by atomic mass is 9.97. The standard InChI is InChI=1S/C82H151NO13/c1-3-5-7-9-11-13-15-17-19-21-23-25-27-28-29-30-31-32-33-34-35-36-37-38-39-40-41-42-44-46-48-50-52-54-56-58-60-62-64-66-74(87)83-70(69-93-81-79(92)77(90)80(73(68-85)95-81)96-82-78(91)76(89)75(88)72(67-84)94-82)71(86)65-63-61-59-57-55-53-51-49-47-45-43-26-24-22-20-18-16-14-12-10-8-6-4-2/h15,17,21,23,47,49,55,57,63,65,70-73,75-82,84-86,88-92H,3-14,16,18-20,22,24-46,48,50-54,56,58-62,64,66-69H2,1-2H3,(H,83,87)/b17-15-,23-21-,49-47+,57-55+,65-63+. The van der Waals surface area contributed by atoms with Crippen molar-refractivity contribution < 1.29 is 64.6 Å². The molecule has 0 aromatic heterocycles. The van der Waals surface area contributed by atoms with Crippen molar-refractivity contribution in [1.82, 2.24) is 5.32 Å². The fourth-order valence-electron chi connectivity index (χ4n) is 13.2. The normalized spacial score (nSPS) is 22.5. The van der Waals surface area contributed by atoms with Crippen LogP contribution in [0.3, 0.4) is 0 Å². The zero-order valence-corrected chi connectivity index (χ0v) is 61.6. The van der Waals surface area contributed by atoms with Crippen LogP contribution in [0.15, 0.2) is 60.8 Å². The molecule has 2 saturated heterocycles. The van der Waals surface area contributed by atoms with E-state index in [2.05, 4.69) is 67.8 Å². The van der Waals surface area contributed by atoms with Crippen molar-refractivity contribution in [2.75, 3.05) is 19.8 Å². The van der Waals surface area contributed by atoms with Gasteiger partial charge in [-0.3, -0.25) is 4.79 Å². The van der Waals surface area contributed by atoms with Crippen molar-refractivity contribution in [3.8, 4) is 0 Å². The predicted molar refractivity (Wildman–Crippen MR) is 397 cm³/mol. The quantitative estimate of drug-likeness (QED) is 0.0204. The van der Waals surface area contributed by atoms with Gasteiger partial charge >= 0.3 is 0 Å². The third-order valence-electron chi connectivity index (χ3n) is 19.7. The molecule has 0 saturated carbocycles. The molecule has 2 fully saturated rings. The molecular weight excluding hydrogens is 1210 g/mol. The zero-order valence-electron chi connectivity index (χ0n) is 61.6. The molecule has 96 heavy (non-hydrogen) atoms. The van der Waals surface area contributed by atoms with Gasteiger partial charge in [0, 0.05) is 6.42 Å². The molecule has 562 valence electrons. The molecule has 2 heterocycles. The summed E-state index contributed by atoms with van der Waals surface area (Å²) in [5.74, 6) is -0.247. The average Bonchev–Trinajstić information content (AvgIpc) is 0.806. The summed E-state index contributed by atoms with van der Waals surface area (Å²) in [6.45, 7) is 2.81. The van der Waals surface area contributed by atoms with Crippen LogP contribution in [0.1, 0.15) is 361 Å². The highest BCUT2D eigenvalue weighted by Crippen LogP contribution is 2.30. The average molecular weight is 1360 g/mol. The number of allylic oxidation sites excluding steroid dienone is 9. The first-order chi connectivity index (χ1) is 47.1. The third kappa shape index (κ3) is 48.5. The van der Waals surface area contributed by atoms with E-state index in [4.69, 9.17) is 18.9 Å². The summed E-state index contributed by atoms with van der Waals surface area (Å²) in [7, 11) is 0. The molecule has 2 aliphatic rings. The number of amides is 1. The predicted octanol–water partition coefficient (Wildman–Crippen LogP) is 18.4. The van der Waals surface area contributed by atoms with Gasteiger partial charge in [-0.2, -0.15) is 0 Å². The third-order valence-corrected chi connectivity index (χ3v) is 19.7. The monoisotopic (exact) mass is 1360 g/mol. The Labute approximate surface area is 587 Å². The zero-order chi connectivity index (χ0) is 69.4. The van der Waals surface area contributed by atoms with E-state index < -0.39 is 86.8 Å². The van der Waals surface area contributed by atoms with Gasteiger partial charge in [0.2, 0.25) is 5.91 Å². The summed E-state index contributed by atoms with van der Waals surface area (Å²) >= 11 is 0. The molecule has 12 unspecified atom stereocenters. The summed E-state index contributed by atoms with van der Waals surface area (Å²) in [6, 6.07) is -0.940. The second-order valence-corrected chi connectivity index (χ2v) is 28.5. The number of ether oxygens (including phenoxy) is 4. The summed E-state index contributed by atoms with van der Waals surface area (Å²) in [5, 5.41) is 87.6. The lowest BCUT2D eigenvalue weighted by Gasteiger charge is -2.46. The Kier molecular flexibility index (Phi) is 61.7. The van der Waals surface area contributed by atoms with Gasteiger partial charge in [0.1, 0.15) is 48.8 Å². The minimum absolute atomic E-state index is 0.247. The van der Waals surface area contributed by atoms with Gasteiger partial charge in [0.15, 0.2) is 12.6 Å². The highest BCUT2D eigenvalue weighted by molar-refractivity contribution is 5.76. The van der Waals surface area contributed by atoms with Gasteiger partial charge in [0.05, 0.1) is 32.0 Å². The van der Waals surface area contributed by atoms with Crippen molar-refractivity contribution in [3.05, 3.63) is 60.8 Å². The number of rotatable bonds is 68. The lowest BCUT2D eigenvalue weighted by molar-refractivity contribution is -0.359. The number of aliphatic hydroxyl groups is 8. The number of unbranched alkanes of at least 4 members (excludes halogenated alkanes) is 47. The van der Waals surface area contributed by atoms with Crippen LogP contribution in [0.25, 0.3) is 0 Å². The molecule has 0 aromatic carbocycles. The van der Waals surface area contributed by atoms with E-state index in [0.717, 1.165) is 51.4 Å². The molecule has 0 bridgehead atoms. The number of hydrogen-bond acceptors (Lipinski definition) is 13. The van der Waals surface area contributed by atoms with Gasteiger partial charge in [-0.15, -0.1) is 0 Å². The van der Waals surface area contributed by atoms with E-state index >= 15 is 0 Å². The van der Waals surface area contributed by atoms with E-state index in [9.17, 15) is 45.6 Å². The van der Waals surface area contributed by atoms with Crippen LogP contribution in [-0.4, -0.2) is 140 Å². The van der Waals surface area contributed by atoms with Crippen LogP contribution in [0.5, 0.6) is 0 Å². The molecule has 2 aliphatic heterocycles. The largest absolute Gasteiger partial charge is 0.394 e. The van der Waals surface area contributed by atoms with Crippen LogP contribution >= 0.6 is 0 Å². The summed E-state index contributed by atoms with van der Waals surface area (Å²) in [6.07, 6.45) is 73.2. The van der Waals surface area contributed by atoms with Crippen LogP contribution in [0.4, 0.5) is 0 Å². The van der Waals surface area contributed by atoms with Crippen molar-refractivity contribution in [3.63, 3.8) is 0 Å². The van der Waals surface area contributed by atoms with Crippen molar-refractivity contribution in [2.45, 2.75) is 434 Å². The maximum Gasteiger partial charge on any atom is 0.220 e. The highest BCUT2D eigenvalue weighted by Gasteiger charge is 2.51. The Morgan fingerprint density at radius 1 is 0.375 bits per heavy atom. The summed E-state index contributed by atoms with van der Waals surface area (Å²) in [4.78, 5) is 13.4. The molecule has 1 amide bonds. The number of carbonyl (C=O) groups is 1. The molecule has 0 spiro atoms. The van der Waals surface area contributed by atoms with E-state index in [0.29, 0.717) is 12.8 Å². The van der Waals surface area contributed by atoms with E-state index in [1.807, 2.05) is 6.08 Å². The molecule has 0 radical (unpaired) electrons. The highest BCUT2D eigenvalue weighted by atomic mass is 16.7. The smallest absolute Gasteiger partial charge is 0.220 e. The molecule has 0 aliphatic carbocycles. The SMILES string of the molecule is CCCCCCC/C=C\C/C=C\CCCCCCCCCCCCCCCCCCCCCCCCCCCCCC(=O)NC(COC1OC(CO)C(OC2OC(CO)C(O)C(O)C2O)C(O)C1O)C(O)/C=C/CC/C=C/CC/C=C/CCCCCCCCCCCCCCC. The Balaban J connectivity index is 1.59. The summed E-state index contributed by atoms with van der Waals surface area (Å²) in [5.41, 5.74) is 0. The first kappa shape index (κ1) is 89.8. The van der Waals surface area contributed by atoms with Gasteiger partial charge in [0.25, 0.3) is 0 Å². The molecule has 0 aromatic rings. The summed E-state index contributed by atoms with van der Waals surface area (Å²) < 4.78 is 22.9. The van der Waals surface area contributed by atoms with E-state index in [1.54, 1.807) is 6.08 Å². The maximum atomic E-state index is 13.4. The second-order valence-electron chi connectivity index (χ2n) is 28.5. The number of hydrogen-bond donors (Lipinski definition) is 9. The Morgan fingerprint density at radius 3 is 1.08 bits per heavy atom. The van der Waals surface area contributed by atoms with Gasteiger partial charge in [-0.1, -0.05) is 338 Å². The first-order valence-corrected chi connectivity index (χ1v) is 40.5. The van der Waals surface area contributed by atoms with Crippen LogP contribution < -0.4 is 5.32 Å². The van der Waals surface area contributed by atoms with Crippen LogP contribution in [0.2, 0.25) is 0 Å². The van der Waals surface area contributed by atoms with Crippen LogP contribution in [-0.2, 0) is 23.7 Å². The Hall–Kier alpha value is -2.31. The van der Waals surface area contributed by atoms with Crippen LogP contribution in [0, 0.1) is 0 Å². The number of nitrogens with one attached hydrogen (secondary N) is 1. The first-order valence-electron chi connectivity index (χ1n) is 40.5. The fourth-order valence-corrected chi connectivity index (χ4v) is 13.2. The molecule has 9 N–H and O–H groups in total. The molecular formula is C82H151NO13. The van der Waals surface area contributed by atoms with Gasteiger partial charge in [-0.25, -0.2) is 0 Å². The fraction of sp³-hybridized carbons (Fsp3) is 0.866. The maximum absolute atomic E-state index is 13.4. The number of aliphatic hydroxyl groups excluding tert-OH is 8. The molecule has 14 heteroatoms. The second kappa shape index (κ2) is 66.0. The van der Waals surface area contributed by atoms with E-state index in [-0.39, 0.29) is 18.9 Å². The topological polar surface area (TPSA) is 228 Å². The Bertz CT molecular complexity index is 1840. The molecule has 14 nitrogen and oxygen atoms in total. The minimum atomic E-state index is -1.79.